The summed E-state index contributed by atoms with van der Waals surface area (Å²) in [6.45, 7) is 4.01. The van der Waals surface area contributed by atoms with Crippen molar-refractivity contribution in [3.05, 3.63) is 39.6 Å². The Kier molecular flexibility index (Phi) is 2.68. The highest BCUT2D eigenvalue weighted by molar-refractivity contribution is 5.37. The Morgan fingerprint density at radius 3 is 2.81 bits per heavy atom. The van der Waals surface area contributed by atoms with Crippen molar-refractivity contribution in [2.45, 2.75) is 25.4 Å². The molecule has 0 unspecified atom stereocenters. The molecule has 0 atom stereocenters. The highest BCUT2D eigenvalue weighted by Crippen LogP contribution is 2.23. The van der Waals surface area contributed by atoms with Crippen LogP contribution < -0.4 is 16.6 Å². The minimum Gasteiger partial charge on any atom is -0.368 e. The quantitative estimate of drug-likeness (QED) is 0.744. The highest BCUT2D eigenvalue weighted by Gasteiger charge is 2.22. The van der Waals surface area contributed by atoms with E-state index in [4.69, 9.17) is 0 Å². The Morgan fingerprint density at radius 1 is 1.56 bits per heavy atom. The van der Waals surface area contributed by atoms with Crippen LogP contribution in [0.1, 0.15) is 12.8 Å². The average molecular weight is 221 g/mol. The summed E-state index contributed by atoms with van der Waals surface area (Å²) in [5.74, 6) is 0.593. The second-order valence-corrected chi connectivity index (χ2v) is 4.03. The van der Waals surface area contributed by atoms with Gasteiger partial charge in [0.1, 0.15) is 5.82 Å². The van der Waals surface area contributed by atoms with Gasteiger partial charge in [0.25, 0.3) is 5.56 Å². The molecule has 5 heteroatoms. The van der Waals surface area contributed by atoms with Gasteiger partial charge in [-0.1, -0.05) is 6.08 Å². The van der Waals surface area contributed by atoms with Crippen LogP contribution in [0.3, 0.4) is 0 Å². The number of hydrogen-bond donors (Lipinski definition) is 1. The predicted octanol–water partition coefficient (Wildman–Crippen LogP) is 0.307. The number of nitrogens with one attached hydrogen (secondary N) is 1. The van der Waals surface area contributed by atoms with Gasteiger partial charge in [-0.15, -0.1) is 6.58 Å². The minimum absolute atomic E-state index is 0.284. The first-order chi connectivity index (χ1) is 7.63. The zero-order valence-corrected chi connectivity index (χ0v) is 9.27. The summed E-state index contributed by atoms with van der Waals surface area (Å²) < 4.78 is 2.62. The molecule has 0 aliphatic heterocycles. The van der Waals surface area contributed by atoms with Gasteiger partial charge < -0.3 is 5.32 Å². The molecule has 1 aliphatic carbocycles. The molecule has 1 fully saturated rings. The summed E-state index contributed by atoms with van der Waals surface area (Å²) in [6.07, 6.45) is 3.83. The van der Waals surface area contributed by atoms with Crippen LogP contribution >= 0.6 is 0 Å². The van der Waals surface area contributed by atoms with Crippen LogP contribution in [-0.2, 0) is 13.6 Å². The molecular weight excluding hydrogens is 206 g/mol. The third-order valence-corrected chi connectivity index (χ3v) is 2.64. The van der Waals surface area contributed by atoms with Crippen LogP contribution in [0.15, 0.2) is 28.3 Å². The smallest absolute Gasteiger partial charge is 0.332 e. The molecule has 1 N–H and O–H groups in total. The van der Waals surface area contributed by atoms with Crippen molar-refractivity contribution in [3.8, 4) is 0 Å². The summed E-state index contributed by atoms with van der Waals surface area (Å²) in [5.41, 5.74) is -0.594. The van der Waals surface area contributed by atoms with E-state index in [0.717, 1.165) is 17.4 Å². The average Bonchev–Trinajstić information content (AvgIpc) is 3.05. The van der Waals surface area contributed by atoms with Crippen molar-refractivity contribution in [2.24, 2.45) is 7.05 Å². The molecule has 0 aromatic carbocycles. The molecule has 1 heterocycles. The van der Waals surface area contributed by atoms with E-state index in [-0.39, 0.29) is 11.2 Å². The molecule has 2 rings (SSSR count). The summed E-state index contributed by atoms with van der Waals surface area (Å²) in [5, 5.41) is 3.18. The number of aromatic nitrogens is 2. The Hall–Kier alpha value is -1.78. The van der Waals surface area contributed by atoms with Gasteiger partial charge in [-0.25, -0.2) is 4.79 Å². The lowest BCUT2D eigenvalue weighted by Crippen LogP contribution is -2.38. The molecule has 0 bridgehead atoms. The number of allylic oxidation sites excluding steroid dienone is 1. The second kappa shape index (κ2) is 4.00. The highest BCUT2D eigenvalue weighted by atomic mass is 16.2. The maximum Gasteiger partial charge on any atom is 0.332 e. The van der Waals surface area contributed by atoms with Gasteiger partial charge in [0.2, 0.25) is 0 Å². The molecular formula is C11H15N3O2. The first-order valence-corrected chi connectivity index (χ1v) is 5.32. The fourth-order valence-electron chi connectivity index (χ4n) is 1.53. The fourth-order valence-corrected chi connectivity index (χ4v) is 1.53. The summed E-state index contributed by atoms with van der Waals surface area (Å²) in [7, 11) is 1.48. The van der Waals surface area contributed by atoms with E-state index in [1.165, 1.54) is 17.7 Å². The van der Waals surface area contributed by atoms with Crippen molar-refractivity contribution in [1.82, 2.24) is 9.13 Å². The lowest BCUT2D eigenvalue weighted by atomic mass is 10.4. The van der Waals surface area contributed by atoms with Crippen molar-refractivity contribution >= 4 is 5.82 Å². The van der Waals surface area contributed by atoms with Gasteiger partial charge in [-0.3, -0.25) is 13.9 Å². The van der Waals surface area contributed by atoms with Crippen LogP contribution in [0.4, 0.5) is 5.82 Å². The monoisotopic (exact) mass is 221 g/mol. The van der Waals surface area contributed by atoms with E-state index in [1.807, 2.05) is 0 Å². The lowest BCUT2D eigenvalue weighted by molar-refractivity contribution is 0.658. The van der Waals surface area contributed by atoms with Gasteiger partial charge in [-0.05, 0) is 12.8 Å². The third kappa shape index (κ3) is 1.93. The zero-order chi connectivity index (χ0) is 11.7. The van der Waals surface area contributed by atoms with Gasteiger partial charge in [0.05, 0.1) is 0 Å². The summed E-state index contributed by atoms with van der Waals surface area (Å²) in [4.78, 5) is 23.3. The maximum absolute atomic E-state index is 11.8. The van der Waals surface area contributed by atoms with Crippen LogP contribution in [0, 0.1) is 0 Å². The van der Waals surface area contributed by atoms with E-state index >= 15 is 0 Å². The molecule has 5 nitrogen and oxygen atoms in total. The molecule has 1 aromatic rings. The molecule has 1 aromatic heterocycles. The predicted molar refractivity (Wildman–Crippen MR) is 62.8 cm³/mol. The number of nitrogens with zero attached hydrogens (tertiary/aromatic N) is 2. The third-order valence-electron chi connectivity index (χ3n) is 2.64. The molecule has 0 amide bonds. The Balaban J connectivity index is 2.51. The van der Waals surface area contributed by atoms with Crippen LogP contribution in [0.5, 0.6) is 0 Å². The number of anilines is 1. The van der Waals surface area contributed by atoms with Crippen LogP contribution in [0.25, 0.3) is 0 Å². The van der Waals surface area contributed by atoms with Crippen molar-refractivity contribution in [2.75, 3.05) is 5.32 Å². The fraction of sp³-hybridized carbons (Fsp3) is 0.455. The molecule has 0 saturated heterocycles. The van der Waals surface area contributed by atoms with Crippen molar-refractivity contribution in [3.63, 3.8) is 0 Å². The molecule has 1 aliphatic rings. The summed E-state index contributed by atoms with van der Waals surface area (Å²) >= 11 is 0. The maximum atomic E-state index is 11.8. The lowest BCUT2D eigenvalue weighted by Gasteiger charge is -2.13. The number of rotatable bonds is 4. The number of hydrogen-bond acceptors (Lipinski definition) is 3. The zero-order valence-electron chi connectivity index (χ0n) is 9.27. The van der Waals surface area contributed by atoms with Gasteiger partial charge in [-0.2, -0.15) is 0 Å². The molecule has 16 heavy (non-hydrogen) atoms. The van der Waals surface area contributed by atoms with E-state index < -0.39 is 0 Å². The van der Waals surface area contributed by atoms with Crippen LogP contribution in [-0.4, -0.2) is 15.2 Å². The van der Waals surface area contributed by atoms with Gasteiger partial charge in [0.15, 0.2) is 0 Å². The van der Waals surface area contributed by atoms with Gasteiger partial charge in [0, 0.05) is 25.7 Å². The summed E-state index contributed by atoms with van der Waals surface area (Å²) in [6, 6.07) is 1.87. The molecule has 0 spiro atoms. The second-order valence-electron chi connectivity index (χ2n) is 4.03. The van der Waals surface area contributed by atoms with Crippen molar-refractivity contribution in [1.29, 1.82) is 0 Å². The molecule has 86 valence electrons. The van der Waals surface area contributed by atoms with E-state index in [9.17, 15) is 9.59 Å². The van der Waals surface area contributed by atoms with E-state index in [2.05, 4.69) is 11.9 Å². The first kappa shape index (κ1) is 10.7. The Bertz CT molecular complexity index is 523. The van der Waals surface area contributed by atoms with E-state index in [0.29, 0.717) is 18.4 Å². The molecule has 1 saturated carbocycles. The largest absolute Gasteiger partial charge is 0.368 e. The Labute approximate surface area is 93.0 Å². The van der Waals surface area contributed by atoms with E-state index in [1.54, 1.807) is 6.08 Å². The minimum atomic E-state index is -0.310. The SMILES string of the molecule is C=CCn1c(NC2CC2)cc(=O)n(C)c1=O. The normalized spacial score (nSPS) is 14.8. The molecule has 0 radical (unpaired) electrons. The van der Waals surface area contributed by atoms with Crippen molar-refractivity contribution < 1.29 is 0 Å². The topological polar surface area (TPSA) is 56.0 Å². The van der Waals surface area contributed by atoms with Crippen LogP contribution in [0.2, 0.25) is 0 Å². The standard InChI is InChI=1S/C11H15N3O2/c1-3-6-14-9(12-8-4-5-8)7-10(15)13(2)11(14)16/h3,7-8,12H,1,4-6H2,2H3. The Morgan fingerprint density at radius 2 is 2.25 bits per heavy atom. The van der Waals surface area contributed by atoms with Gasteiger partial charge >= 0.3 is 5.69 Å². The first-order valence-electron chi connectivity index (χ1n) is 5.32.